The number of nitrogens with two attached hydrogens (primary N) is 1. The average molecular weight is 527 g/mol. The molecular formula is C22H35N6O7P. The monoisotopic (exact) mass is 526 g/mol. The Morgan fingerprint density at radius 3 is 2.53 bits per heavy atom. The predicted molar refractivity (Wildman–Crippen MR) is 131 cm³/mol. The first-order chi connectivity index (χ1) is 16.9. The minimum atomic E-state index is -3.98. The van der Waals surface area contributed by atoms with Gasteiger partial charge in [-0.3, -0.25) is 9.36 Å². The summed E-state index contributed by atoms with van der Waals surface area (Å²) >= 11 is 0. The normalized spacial score (nSPS) is 19.0. The number of anilines is 1. The van der Waals surface area contributed by atoms with Crippen molar-refractivity contribution in [3.63, 3.8) is 0 Å². The summed E-state index contributed by atoms with van der Waals surface area (Å²) in [6.07, 6.45) is 3.15. The molecule has 1 unspecified atom stereocenters. The third-order valence-electron chi connectivity index (χ3n) is 5.93. The molecule has 0 aromatic carbocycles. The molecule has 0 spiro atoms. The number of imidazole rings is 1. The lowest BCUT2D eigenvalue weighted by Crippen LogP contribution is -2.52. The number of rotatable bonds is 12. The molecule has 1 fully saturated rings. The second kappa shape index (κ2) is 11.6. The molecule has 2 heterocycles. The van der Waals surface area contributed by atoms with Crippen LogP contribution in [0.3, 0.4) is 0 Å². The number of hydrogen-bond donors (Lipinski definition) is 3. The summed E-state index contributed by atoms with van der Waals surface area (Å²) < 4.78 is 32.4. The summed E-state index contributed by atoms with van der Waals surface area (Å²) in [6, 6.07) is 0. The minimum Gasteiger partial charge on any atom is -0.480 e. The fourth-order valence-corrected chi connectivity index (χ4v) is 6.36. The molecule has 1 saturated carbocycles. The number of aliphatic carboxylic acids is 1. The summed E-state index contributed by atoms with van der Waals surface area (Å²) in [6.45, 7) is 6.84. The van der Waals surface area contributed by atoms with Gasteiger partial charge in [-0.25, -0.2) is 24.8 Å². The van der Waals surface area contributed by atoms with Crippen LogP contribution in [-0.2, 0) is 34.7 Å². The highest BCUT2D eigenvalue weighted by Gasteiger charge is 2.46. The Labute approximate surface area is 209 Å². The van der Waals surface area contributed by atoms with E-state index < -0.39 is 49.7 Å². The molecule has 14 heteroatoms. The number of ether oxygens (including phenoxy) is 2. The van der Waals surface area contributed by atoms with Gasteiger partial charge in [0.2, 0.25) is 0 Å². The van der Waals surface area contributed by atoms with E-state index in [1.807, 2.05) is 0 Å². The molecule has 2 aromatic heterocycles. The summed E-state index contributed by atoms with van der Waals surface area (Å²) in [5.74, 6) is -1.56. The molecule has 200 valence electrons. The number of nitrogens with one attached hydrogen (secondary N) is 1. The Morgan fingerprint density at radius 2 is 1.89 bits per heavy atom. The average Bonchev–Trinajstić information content (AvgIpc) is 3.22. The van der Waals surface area contributed by atoms with Crippen LogP contribution in [0.4, 0.5) is 5.82 Å². The van der Waals surface area contributed by atoms with Crippen molar-refractivity contribution in [1.29, 1.82) is 0 Å². The topological polar surface area (TPSA) is 181 Å². The van der Waals surface area contributed by atoms with E-state index in [0.29, 0.717) is 30.6 Å². The van der Waals surface area contributed by atoms with E-state index in [-0.39, 0.29) is 18.7 Å². The summed E-state index contributed by atoms with van der Waals surface area (Å²) in [4.78, 5) is 36.9. The van der Waals surface area contributed by atoms with Crippen LogP contribution < -0.4 is 10.8 Å². The Hall–Kier alpha value is -2.60. The molecule has 2 aromatic rings. The van der Waals surface area contributed by atoms with E-state index >= 15 is 0 Å². The first kappa shape index (κ1) is 28.0. The van der Waals surface area contributed by atoms with E-state index in [1.54, 1.807) is 31.7 Å². The number of fused-ring (bicyclic) bond motifs is 1. The van der Waals surface area contributed by atoms with E-state index in [4.69, 9.17) is 19.7 Å². The second-order valence-corrected chi connectivity index (χ2v) is 11.4. The lowest BCUT2D eigenvalue weighted by Gasteiger charge is -2.37. The molecule has 0 bridgehead atoms. The number of carboxylic acids is 1. The van der Waals surface area contributed by atoms with Crippen molar-refractivity contribution >= 4 is 36.4 Å². The van der Waals surface area contributed by atoms with Crippen LogP contribution >= 0.6 is 7.52 Å². The van der Waals surface area contributed by atoms with Gasteiger partial charge in [-0.1, -0.05) is 19.3 Å². The number of carbonyl (C=O) groups excluding carboxylic acids is 1. The Balaban J connectivity index is 1.76. The van der Waals surface area contributed by atoms with E-state index in [0.717, 1.165) is 6.42 Å². The number of esters is 1. The number of carbonyl (C=O) groups is 2. The molecule has 0 saturated heterocycles. The first-order valence-electron chi connectivity index (χ1n) is 12.0. The maximum Gasteiger partial charge on any atom is 0.335 e. The zero-order chi connectivity index (χ0) is 26.5. The number of nitrogen functional groups attached to an aromatic ring is 1. The van der Waals surface area contributed by atoms with Gasteiger partial charge in [-0.05, 0) is 40.5 Å². The molecule has 1 aliphatic rings. The van der Waals surface area contributed by atoms with Gasteiger partial charge < -0.3 is 29.4 Å². The van der Waals surface area contributed by atoms with Crippen molar-refractivity contribution in [3.05, 3.63) is 12.7 Å². The molecule has 13 nitrogen and oxygen atoms in total. The third-order valence-corrected chi connectivity index (χ3v) is 7.84. The van der Waals surface area contributed by atoms with Gasteiger partial charge in [0.15, 0.2) is 17.6 Å². The number of nitrogens with zero attached hydrogens (tertiary/aromatic N) is 4. The van der Waals surface area contributed by atoms with E-state index in [9.17, 15) is 19.3 Å². The van der Waals surface area contributed by atoms with Crippen molar-refractivity contribution in [1.82, 2.24) is 24.6 Å². The van der Waals surface area contributed by atoms with Gasteiger partial charge in [-0.15, -0.1) is 0 Å². The fourth-order valence-electron chi connectivity index (χ4n) is 4.16. The minimum absolute atomic E-state index is 0.253. The smallest absolute Gasteiger partial charge is 0.335 e. The van der Waals surface area contributed by atoms with Gasteiger partial charge in [0.1, 0.15) is 23.7 Å². The van der Waals surface area contributed by atoms with Crippen LogP contribution in [0.15, 0.2) is 12.7 Å². The van der Waals surface area contributed by atoms with Crippen LogP contribution in [0.5, 0.6) is 0 Å². The van der Waals surface area contributed by atoms with Crippen LogP contribution in [-0.4, -0.2) is 66.8 Å². The lowest BCUT2D eigenvalue weighted by molar-refractivity contribution is -0.155. The van der Waals surface area contributed by atoms with Crippen molar-refractivity contribution in [3.8, 4) is 0 Å². The highest BCUT2D eigenvalue weighted by atomic mass is 31.2. The molecular weight excluding hydrogens is 491 g/mol. The van der Waals surface area contributed by atoms with Gasteiger partial charge in [0.25, 0.3) is 7.52 Å². The van der Waals surface area contributed by atoms with Crippen molar-refractivity contribution in [2.24, 2.45) is 0 Å². The highest BCUT2D eigenvalue weighted by molar-refractivity contribution is 7.56. The first-order valence-corrected chi connectivity index (χ1v) is 13.8. The van der Waals surface area contributed by atoms with Crippen LogP contribution in [0.2, 0.25) is 0 Å². The Morgan fingerprint density at radius 1 is 1.19 bits per heavy atom. The second-order valence-electron chi connectivity index (χ2n) is 9.40. The zero-order valence-electron chi connectivity index (χ0n) is 21.0. The molecule has 3 rings (SSSR count). The largest absolute Gasteiger partial charge is 0.480 e. The molecule has 0 amide bonds. The van der Waals surface area contributed by atoms with Crippen LogP contribution in [0, 0.1) is 0 Å². The quantitative estimate of drug-likeness (QED) is 0.272. The number of hydrogen-bond acceptors (Lipinski definition) is 10. The van der Waals surface area contributed by atoms with Crippen LogP contribution in [0.1, 0.15) is 59.8 Å². The van der Waals surface area contributed by atoms with E-state index in [2.05, 4.69) is 20.0 Å². The molecule has 0 radical (unpaired) electrons. The molecule has 3 atom stereocenters. The lowest BCUT2D eigenvalue weighted by atomic mass is 9.83. The maximum atomic E-state index is 14.0. The van der Waals surface area contributed by atoms with Gasteiger partial charge in [0, 0.05) is 0 Å². The SMILES string of the molecule is CC(C)OC(=O)[C@H](C)OP(=O)(CO[C@H](C)Cn1cnc2c(N)ncnc21)NC1(C(=O)O)CCCCC1. The van der Waals surface area contributed by atoms with Crippen molar-refractivity contribution in [2.45, 2.75) is 90.2 Å². The number of carboxylic acid groups (broad SMARTS) is 1. The summed E-state index contributed by atoms with van der Waals surface area (Å²) in [5, 5.41) is 12.8. The fraction of sp³-hybridized carbons (Fsp3) is 0.682. The summed E-state index contributed by atoms with van der Waals surface area (Å²) in [5.41, 5.74) is 5.38. The van der Waals surface area contributed by atoms with Crippen molar-refractivity contribution < 1.29 is 33.3 Å². The third kappa shape index (κ3) is 6.78. The van der Waals surface area contributed by atoms with Crippen LogP contribution in [0.25, 0.3) is 11.2 Å². The molecule has 36 heavy (non-hydrogen) atoms. The molecule has 1 aliphatic carbocycles. The Kier molecular flexibility index (Phi) is 9.04. The Bertz CT molecular complexity index is 1120. The number of aromatic nitrogens is 4. The highest BCUT2D eigenvalue weighted by Crippen LogP contribution is 2.49. The van der Waals surface area contributed by atoms with E-state index in [1.165, 1.54) is 13.3 Å². The van der Waals surface area contributed by atoms with Gasteiger partial charge in [0.05, 0.1) is 25.1 Å². The van der Waals surface area contributed by atoms with Gasteiger partial charge >= 0.3 is 11.9 Å². The molecule has 4 N–H and O–H groups in total. The van der Waals surface area contributed by atoms with Gasteiger partial charge in [-0.2, -0.15) is 0 Å². The molecule has 0 aliphatic heterocycles. The van der Waals surface area contributed by atoms with Crippen molar-refractivity contribution in [2.75, 3.05) is 12.1 Å². The predicted octanol–water partition coefficient (Wildman–Crippen LogP) is 2.70. The summed E-state index contributed by atoms with van der Waals surface area (Å²) in [7, 11) is -3.98. The zero-order valence-corrected chi connectivity index (χ0v) is 21.9. The maximum absolute atomic E-state index is 14.0. The standard InChI is InChI=1S/C22H35N6O7P/c1-14(2)34-20(29)16(4)35-36(32,27-22(21(30)31)8-6-5-7-9-22)13-33-15(3)10-28-12-26-17-18(23)24-11-25-19(17)28/h11-12,14-16H,5-10,13H2,1-4H3,(H,27,32)(H,30,31)(H2,23,24,25)/t15-,16+,36?/m1/s1.